The van der Waals surface area contributed by atoms with Crippen molar-refractivity contribution in [2.75, 3.05) is 11.1 Å². The molecular formula is C15H16N6. The molecule has 0 aliphatic rings. The van der Waals surface area contributed by atoms with Crippen molar-refractivity contribution in [3.63, 3.8) is 0 Å². The van der Waals surface area contributed by atoms with Gasteiger partial charge in [0.05, 0.1) is 5.69 Å². The summed E-state index contributed by atoms with van der Waals surface area (Å²) in [4.78, 5) is 8.46. The molecule has 0 aliphatic carbocycles. The Morgan fingerprint density at radius 2 is 1.86 bits per heavy atom. The van der Waals surface area contributed by atoms with Gasteiger partial charge in [-0.15, -0.1) is 0 Å². The van der Waals surface area contributed by atoms with Gasteiger partial charge in [-0.3, -0.25) is 0 Å². The molecule has 21 heavy (non-hydrogen) atoms. The summed E-state index contributed by atoms with van der Waals surface area (Å²) in [5.74, 6) is 1.15. The number of benzene rings is 1. The van der Waals surface area contributed by atoms with Crippen LogP contribution in [0.5, 0.6) is 0 Å². The normalized spacial score (nSPS) is 10.6. The molecule has 0 atom stereocenters. The molecule has 0 spiro atoms. The van der Waals surface area contributed by atoms with Crippen LogP contribution in [0.4, 0.5) is 17.2 Å². The van der Waals surface area contributed by atoms with E-state index in [4.69, 9.17) is 5.73 Å². The third kappa shape index (κ3) is 2.55. The first kappa shape index (κ1) is 13.1. The average molecular weight is 280 g/mol. The Labute approximate surface area is 122 Å². The van der Waals surface area contributed by atoms with E-state index in [1.54, 1.807) is 4.68 Å². The number of rotatable bonds is 3. The van der Waals surface area contributed by atoms with Crippen LogP contribution in [0.1, 0.15) is 11.4 Å². The molecule has 3 rings (SSSR count). The third-order valence-corrected chi connectivity index (χ3v) is 3.11. The van der Waals surface area contributed by atoms with Gasteiger partial charge in [-0.2, -0.15) is 5.10 Å². The van der Waals surface area contributed by atoms with Gasteiger partial charge < -0.3 is 11.1 Å². The minimum atomic E-state index is 0.465. The number of para-hydroxylation sites is 1. The minimum absolute atomic E-state index is 0.465. The van der Waals surface area contributed by atoms with Gasteiger partial charge in [0.2, 0.25) is 0 Å². The highest BCUT2D eigenvalue weighted by atomic mass is 15.3. The Morgan fingerprint density at radius 1 is 1.10 bits per heavy atom. The Morgan fingerprint density at radius 3 is 2.52 bits per heavy atom. The Hall–Kier alpha value is -2.89. The second kappa shape index (κ2) is 5.24. The van der Waals surface area contributed by atoms with Crippen molar-refractivity contribution < 1.29 is 0 Å². The van der Waals surface area contributed by atoms with Crippen LogP contribution in [-0.4, -0.2) is 19.7 Å². The molecular weight excluding hydrogens is 264 g/mol. The van der Waals surface area contributed by atoms with E-state index >= 15 is 0 Å². The number of nitrogen functional groups attached to an aromatic ring is 1. The van der Waals surface area contributed by atoms with Crippen LogP contribution in [-0.2, 0) is 0 Å². The van der Waals surface area contributed by atoms with E-state index in [1.165, 1.54) is 6.33 Å². The zero-order chi connectivity index (χ0) is 14.8. The molecule has 0 fully saturated rings. The fourth-order valence-corrected chi connectivity index (χ4v) is 2.16. The van der Waals surface area contributed by atoms with E-state index in [-0.39, 0.29) is 0 Å². The zero-order valence-corrected chi connectivity index (χ0v) is 11.9. The predicted octanol–water partition coefficient (Wildman–Crippen LogP) is 2.60. The maximum Gasteiger partial charge on any atom is 0.182 e. The van der Waals surface area contributed by atoms with Crippen molar-refractivity contribution in [3.05, 3.63) is 54.1 Å². The van der Waals surface area contributed by atoms with Gasteiger partial charge in [0.1, 0.15) is 12.0 Å². The molecule has 2 aromatic heterocycles. The number of nitrogens with zero attached hydrogens (tertiary/aromatic N) is 4. The van der Waals surface area contributed by atoms with Gasteiger partial charge in [0.25, 0.3) is 0 Å². The molecule has 0 saturated carbocycles. The quantitative estimate of drug-likeness (QED) is 0.770. The number of aromatic nitrogens is 4. The van der Waals surface area contributed by atoms with Gasteiger partial charge in [0.15, 0.2) is 11.6 Å². The SMILES string of the molecule is Cc1cc(C)n(-c2ncnc(Nc3ccccc3)c2N)n1. The summed E-state index contributed by atoms with van der Waals surface area (Å²) >= 11 is 0. The summed E-state index contributed by atoms with van der Waals surface area (Å²) < 4.78 is 1.72. The first-order valence-corrected chi connectivity index (χ1v) is 6.61. The summed E-state index contributed by atoms with van der Waals surface area (Å²) in [6.07, 6.45) is 1.48. The van der Waals surface area contributed by atoms with Crippen molar-refractivity contribution in [2.24, 2.45) is 0 Å². The number of nitrogens with two attached hydrogens (primary N) is 1. The lowest BCUT2D eigenvalue weighted by molar-refractivity contribution is 0.804. The highest BCUT2D eigenvalue weighted by Gasteiger charge is 2.13. The fourth-order valence-electron chi connectivity index (χ4n) is 2.16. The fraction of sp³-hybridized carbons (Fsp3) is 0.133. The van der Waals surface area contributed by atoms with Crippen molar-refractivity contribution in [3.8, 4) is 5.82 Å². The van der Waals surface area contributed by atoms with Crippen molar-refractivity contribution in [1.82, 2.24) is 19.7 Å². The smallest absolute Gasteiger partial charge is 0.182 e. The lowest BCUT2D eigenvalue weighted by Gasteiger charge is -2.11. The van der Waals surface area contributed by atoms with E-state index in [2.05, 4.69) is 20.4 Å². The predicted molar refractivity (Wildman–Crippen MR) is 82.8 cm³/mol. The largest absolute Gasteiger partial charge is 0.393 e. The molecule has 0 saturated heterocycles. The van der Waals surface area contributed by atoms with Crippen LogP contribution in [0.2, 0.25) is 0 Å². The van der Waals surface area contributed by atoms with Crippen LogP contribution >= 0.6 is 0 Å². The minimum Gasteiger partial charge on any atom is -0.393 e. The van der Waals surface area contributed by atoms with Crippen molar-refractivity contribution in [1.29, 1.82) is 0 Å². The van der Waals surface area contributed by atoms with Gasteiger partial charge in [-0.05, 0) is 32.0 Å². The highest BCUT2D eigenvalue weighted by Crippen LogP contribution is 2.25. The molecule has 3 aromatic rings. The topological polar surface area (TPSA) is 81.7 Å². The van der Waals surface area contributed by atoms with Gasteiger partial charge in [-0.25, -0.2) is 14.6 Å². The second-order valence-corrected chi connectivity index (χ2v) is 4.79. The number of nitrogens with one attached hydrogen (secondary N) is 1. The van der Waals surface area contributed by atoms with Gasteiger partial charge >= 0.3 is 0 Å². The average Bonchev–Trinajstić information content (AvgIpc) is 2.81. The maximum absolute atomic E-state index is 6.19. The Kier molecular flexibility index (Phi) is 3.27. The van der Waals surface area contributed by atoms with Crippen LogP contribution < -0.4 is 11.1 Å². The lowest BCUT2D eigenvalue weighted by Crippen LogP contribution is -2.09. The maximum atomic E-state index is 6.19. The molecule has 0 bridgehead atoms. The molecule has 0 radical (unpaired) electrons. The van der Waals surface area contributed by atoms with Crippen LogP contribution in [0.25, 0.3) is 5.82 Å². The summed E-state index contributed by atoms with van der Waals surface area (Å²) in [7, 11) is 0. The zero-order valence-electron chi connectivity index (χ0n) is 11.9. The van der Waals surface area contributed by atoms with Crippen molar-refractivity contribution in [2.45, 2.75) is 13.8 Å². The molecule has 0 aliphatic heterocycles. The van der Waals surface area contributed by atoms with Crippen LogP contribution in [0.3, 0.4) is 0 Å². The molecule has 0 amide bonds. The molecule has 3 N–H and O–H groups in total. The molecule has 2 heterocycles. The summed E-state index contributed by atoms with van der Waals surface area (Å²) in [5, 5.41) is 7.60. The number of aryl methyl sites for hydroxylation is 2. The first-order chi connectivity index (χ1) is 10.1. The molecule has 0 unspecified atom stereocenters. The lowest BCUT2D eigenvalue weighted by atomic mass is 10.3. The van der Waals surface area contributed by atoms with Crippen molar-refractivity contribution >= 4 is 17.2 Å². The summed E-state index contributed by atoms with van der Waals surface area (Å²) in [6.45, 7) is 3.90. The standard InChI is InChI=1S/C15H16N6/c1-10-8-11(2)21(20-10)15-13(16)14(17-9-18-15)19-12-6-4-3-5-7-12/h3-9H,16H2,1-2H3,(H,17,18,19). The molecule has 106 valence electrons. The monoisotopic (exact) mass is 280 g/mol. The highest BCUT2D eigenvalue weighted by molar-refractivity contribution is 5.73. The third-order valence-electron chi connectivity index (χ3n) is 3.11. The van der Waals surface area contributed by atoms with E-state index in [9.17, 15) is 0 Å². The van der Waals surface area contributed by atoms with Gasteiger partial charge in [-0.1, -0.05) is 18.2 Å². The Balaban J connectivity index is 2.01. The van der Waals surface area contributed by atoms with E-state index in [1.807, 2.05) is 50.2 Å². The van der Waals surface area contributed by atoms with Crippen LogP contribution in [0, 0.1) is 13.8 Å². The van der Waals surface area contributed by atoms with Crippen LogP contribution in [0.15, 0.2) is 42.7 Å². The number of hydrogen-bond donors (Lipinski definition) is 2. The summed E-state index contributed by atoms with van der Waals surface area (Å²) in [5.41, 5.74) is 9.47. The number of hydrogen-bond acceptors (Lipinski definition) is 5. The van der Waals surface area contributed by atoms with E-state index < -0.39 is 0 Å². The molecule has 1 aromatic carbocycles. The van der Waals surface area contributed by atoms with Gasteiger partial charge in [0, 0.05) is 11.4 Å². The number of anilines is 3. The molecule has 6 heteroatoms. The molecule has 6 nitrogen and oxygen atoms in total. The van der Waals surface area contributed by atoms with E-state index in [0.717, 1.165) is 17.1 Å². The second-order valence-electron chi connectivity index (χ2n) is 4.79. The van der Waals surface area contributed by atoms with E-state index in [0.29, 0.717) is 17.3 Å². The summed E-state index contributed by atoms with van der Waals surface area (Å²) in [6, 6.07) is 11.7. The Bertz CT molecular complexity index is 763. The first-order valence-electron chi connectivity index (χ1n) is 6.61.